The Hall–Kier alpha value is -2.93. The van der Waals surface area contributed by atoms with Crippen LogP contribution < -0.4 is 20.7 Å². The summed E-state index contributed by atoms with van der Waals surface area (Å²) in [6.07, 6.45) is 0. The zero-order valence-electron chi connectivity index (χ0n) is 15.5. The lowest BCUT2D eigenvalue weighted by Gasteiger charge is -2.12. The maximum Gasteiger partial charge on any atom is 0.257 e. The molecule has 2 amide bonds. The van der Waals surface area contributed by atoms with Crippen molar-refractivity contribution in [2.45, 2.75) is 20.8 Å². The van der Waals surface area contributed by atoms with Gasteiger partial charge in [0.2, 0.25) is 5.91 Å². The normalized spacial score (nSPS) is 10.2. The summed E-state index contributed by atoms with van der Waals surface area (Å²) in [7, 11) is 0. The highest BCUT2D eigenvalue weighted by Crippen LogP contribution is 2.16. The van der Waals surface area contributed by atoms with E-state index in [4.69, 9.17) is 17.0 Å². The van der Waals surface area contributed by atoms with E-state index in [0.29, 0.717) is 35.2 Å². The molecule has 0 heterocycles. The Morgan fingerprint density at radius 3 is 2.37 bits per heavy atom. The minimum absolute atomic E-state index is 0.161. The minimum Gasteiger partial charge on any atom is -0.493 e. The number of rotatable bonds is 6. The first kappa shape index (κ1) is 20.4. The van der Waals surface area contributed by atoms with E-state index in [1.54, 1.807) is 42.5 Å². The molecule has 0 saturated heterocycles. The molecule has 2 rings (SSSR count). The quantitative estimate of drug-likeness (QED) is 0.659. The fraction of sp³-hybridized carbons (Fsp3) is 0.250. The minimum atomic E-state index is -0.333. The van der Waals surface area contributed by atoms with E-state index in [2.05, 4.69) is 29.8 Å². The molecule has 2 aromatic rings. The van der Waals surface area contributed by atoms with Gasteiger partial charge >= 0.3 is 0 Å². The highest BCUT2D eigenvalue weighted by Gasteiger charge is 2.10. The van der Waals surface area contributed by atoms with Gasteiger partial charge in [-0.15, -0.1) is 0 Å². The predicted molar refractivity (Wildman–Crippen MR) is 111 cm³/mol. The van der Waals surface area contributed by atoms with Crippen LogP contribution in [0.15, 0.2) is 48.5 Å². The molecule has 7 heteroatoms. The first-order valence-corrected chi connectivity index (χ1v) is 8.97. The zero-order chi connectivity index (χ0) is 19.8. The Balaban J connectivity index is 1.96. The molecule has 0 bridgehead atoms. The van der Waals surface area contributed by atoms with E-state index >= 15 is 0 Å². The van der Waals surface area contributed by atoms with Gasteiger partial charge in [0.15, 0.2) is 5.11 Å². The van der Waals surface area contributed by atoms with Gasteiger partial charge in [0, 0.05) is 23.9 Å². The molecule has 0 aliphatic heterocycles. The third kappa shape index (κ3) is 7.07. The number of nitrogens with one attached hydrogen (secondary N) is 3. The molecule has 0 atom stereocenters. The Kier molecular flexibility index (Phi) is 7.31. The first-order valence-electron chi connectivity index (χ1n) is 8.56. The maximum absolute atomic E-state index is 12.4. The number of carbonyl (C=O) groups excluding carboxylic acids is 2. The Morgan fingerprint density at radius 2 is 1.70 bits per heavy atom. The molecule has 0 radical (unpaired) electrons. The third-order valence-corrected chi connectivity index (χ3v) is 3.55. The molecule has 0 saturated carbocycles. The van der Waals surface area contributed by atoms with Gasteiger partial charge < -0.3 is 15.4 Å². The van der Waals surface area contributed by atoms with Crippen LogP contribution in [-0.4, -0.2) is 23.5 Å². The number of amides is 2. The van der Waals surface area contributed by atoms with E-state index in [-0.39, 0.29) is 16.9 Å². The van der Waals surface area contributed by atoms with Crippen molar-refractivity contribution in [2.75, 3.05) is 17.2 Å². The van der Waals surface area contributed by atoms with Gasteiger partial charge in [-0.05, 0) is 54.5 Å². The zero-order valence-corrected chi connectivity index (χ0v) is 16.4. The Morgan fingerprint density at radius 1 is 1.04 bits per heavy atom. The summed E-state index contributed by atoms with van der Waals surface area (Å²) in [5.74, 6) is 0.536. The number of benzene rings is 2. The van der Waals surface area contributed by atoms with Crippen molar-refractivity contribution in [3.8, 4) is 5.75 Å². The van der Waals surface area contributed by atoms with E-state index in [0.717, 1.165) is 0 Å². The molecular weight excluding hydrogens is 362 g/mol. The summed E-state index contributed by atoms with van der Waals surface area (Å²) < 4.78 is 5.64. The summed E-state index contributed by atoms with van der Waals surface area (Å²) in [6.45, 7) is 6.13. The van der Waals surface area contributed by atoms with Gasteiger partial charge in [-0.2, -0.15) is 0 Å². The summed E-state index contributed by atoms with van der Waals surface area (Å²) in [4.78, 5) is 23.5. The molecule has 0 aliphatic rings. The van der Waals surface area contributed by atoms with Crippen LogP contribution in [0.1, 0.15) is 31.1 Å². The van der Waals surface area contributed by atoms with Crippen LogP contribution in [0.2, 0.25) is 0 Å². The van der Waals surface area contributed by atoms with Crippen LogP contribution >= 0.6 is 12.2 Å². The number of ether oxygens (including phenoxy) is 1. The van der Waals surface area contributed by atoms with Gasteiger partial charge in [0.1, 0.15) is 5.75 Å². The number of anilines is 2. The lowest BCUT2D eigenvalue weighted by atomic mass is 10.2. The van der Waals surface area contributed by atoms with E-state index in [9.17, 15) is 9.59 Å². The lowest BCUT2D eigenvalue weighted by molar-refractivity contribution is -0.114. The summed E-state index contributed by atoms with van der Waals surface area (Å²) in [5, 5.41) is 8.41. The summed E-state index contributed by atoms with van der Waals surface area (Å²) in [6, 6.07) is 14.0. The fourth-order valence-electron chi connectivity index (χ4n) is 2.21. The molecule has 0 spiro atoms. The van der Waals surface area contributed by atoms with Crippen LogP contribution in [-0.2, 0) is 4.79 Å². The van der Waals surface area contributed by atoms with Crippen molar-refractivity contribution in [3.63, 3.8) is 0 Å². The van der Waals surface area contributed by atoms with E-state index < -0.39 is 0 Å². The maximum atomic E-state index is 12.4. The number of hydrogen-bond acceptors (Lipinski definition) is 4. The summed E-state index contributed by atoms with van der Waals surface area (Å²) in [5.41, 5.74) is 1.74. The van der Waals surface area contributed by atoms with Crippen molar-refractivity contribution in [2.24, 2.45) is 5.92 Å². The molecule has 0 fully saturated rings. The molecule has 0 unspecified atom stereocenters. The molecular formula is C20H23N3O3S. The highest BCUT2D eigenvalue weighted by atomic mass is 32.1. The highest BCUT2D eigenvalue weighted by molar-refractivity contribution is 7.80. The molecule has 0 aliphatic carbocycles. The smallest absolute Gasteiger partial charge is 0.257 e. The third-order valence-electron chi connectivity index (χ3n) is 3.35. The van der Waals surface area contributed by atoms with E-state index in [1.807, 2.05) is 6.07 Å². The van der Waals surface area contributed by atoms with Crippen LogP contribution in [0, 0.1) is 5.92 Å². The topological polar surface area (TPSA) is 79.5 Å². The van der Waals surface area contributed by atoms with Crippen LogP contribution in [0.25, 0.3) is 0 Å². The predicted octanol–water partition coefficient (Wildman–Crippen LogP) is 3.81. The van der Waals surface area contributed by atoms with Gasteiger partial charge in [-0.1, -0.05) is 26.0 Å². The largest absolute Gasteiger partial charge is 0.493 e. The second kappa shape index (κ2) is 9.68. The van der Waals surface area contributed by atoms with Gasteiger partial charge in [-0.3, -0.25) is 14.9 Å². The van der Waals surface area contributed by atoms with Crippen LogP contribution in [0.5, 0.6) is 5.75 Å². The van der Waals surface area contributed by atoms with Crippen LogP contribution in [0.3, 0.4) is 0 Å². The molecule has 6 nitrogen and oxygen atoms in total. The van der Waals surface area contributed by atoms with Crippen molar-refractivity contribution < 1.29 is 14.3 Å². The monoisotopic (exact) mass is 385 g/mol. The van der Waals surface area contributed by atoms with Crippen molar-refractivity contribution in [1.29, 1.82) is 0 Å². The first-order chi connectivity index (χ1) is 12.8. The number of carbonyl (C=O) groups is 2. The molecule has 0 aromatic heterocycles. The summed E-state index contributed by atoms with van der Waals surface area (Å²) >= 11 is 5.20. The molecule has 3 N–H and O–H groups in total. The van der Waals surface area contributed by atoms with Gasteiger partial charge in [-0.25, -0.2) is 0 Å². The van der Waals surface area contributed by atoms with Crippen molar-refractivity contribution in [3.05, 3.63) is 54.1 Å². The Labute approximate surface area is 164 Å². The molecule has 27 heavy (non-hydrogen) atoms. The fourth-order valence-corrected chi connectivity index (χ4v) is 2.42. The number of hydrogen-bond donors (Lipinski definition) is 3. The average Bonchev–Trinajstić information content (AvgIpc) is 2.59. The standard InChI is InChI=1S/C20H23N3O3S/c1-13(2)12-26-18-9-4-6-15(10-18)19(25)23-20(27)22-17-8-5-7-16(11-17)21-14(3)24/h4-11,13H,12H2,1-3H3,(H,21,24)(H2,22,23,25,27). The lowest BCUT2D eigenvalue weighted by Crippen LogP contribution is -2.34. The van der Waals surface area contributed by atoms with Crippen molar-refractivity contribution >= 4 is 40.5 Å². The van der Waals surface area contributed by atoms with E-state index in [1.165, 1.54) is 6.92 Å². The molecule has 142 valence electrons. The van der Waals surface area contributed by atoms with Crippen LogP contribution in [0.4, 0.5) is 11.4 Å². The molecule has 2 aromatic carbocycles. The van der Waals surface area contributed by atoms with Gasteiger partial charge in [0.05, 0.1) is 6.61 Å². The second-order valence-corrected chi connectivity index (χ2v) is 6.81. The average molecular weight is 385 g/mol. The SMILES string of the molecule is CC(=O)Nc1cccc(NC(=S)NC(=O)c2cccc(OCC(C)C)c2)c1. The van der Waals surface area contributed by atoms with Gasteiger partial charge in [0.25, 0.3) is 5.91 Å². The number of thiocarbonyl (C=S) groups is 1. The second-order valence-electron chi connectivity index (χ2n) is 6.40. The van der Waals surface area contributed by atoms with Crippen molar-refractivity contribution in [1.82, 2.24) is 5.32 Å². The Bertz CT molecular complexity index is 837.